The first kappa shape index (κ1) is 17.4. The van der Waals surface area contributed by atoms with Crippen molar-refractivity contribution in [2.45, 2.75) is 44.6 Å². The van der Waals surface area contributed by atoms with Gasteiger partial charge in [0.2, 0.25) is 0 Å². The van der Waals surface area contributed by atoms with Crippen LogP contribution < -0.4 is 10.9 Å². The molecule has 2 N–H and O–H groups in total. The van der Waals surface area contributed by atoms with E-state index in [-0.39, 0.29) is 11.5 Å². The molecule has 0 radical (unpaired) electrons. The molecule has 0 bridgehead atoms. The summed E-state index contributed by atoms with van der Waals surface area (Å²) in [5.41, 5.74) is -0.551. The van der Waals surface area contributed by atoms with Gasteiger partial charge in [-0.25, -0.2) is 13.4 Å². The monoisotopic (exact) mass is 339 g/mol. The van der Waals surface area contributed by atoms with Crippen molar-refractivity contribution in [1.82, 2.24) is 15.3 Å². The van der Waals surface area contributed by atoms with Crippen molar-refractivity contribution in [1.29, 1.82) is 0 Å². The van der Waals surface area contributed by atoms with Crippen LogP contribution in [-0.2, 0) is 9.84 Å². The van der Waals surface area contributed by atoms with E-state index in [0.29, 0.717) is 5.82 Å². The second-order valence-corrected chi connectivity index (χ2v) is 7.84. The SMILES string of the molecule is C[C@@H](/C=C/S(C)(=O)=O)NC(=O)c1cnc(C2CCCC2)[nH]c1=O. The van der Waals surface area contributed by atoms with Crippen LogP contribution in [0.5, 0.6) is 0 Å². The minimum absolute atomic E-state index is 0.0775. The lowest BCUT2D eigenvalue weighted by atomic mass is 10.1. The standard InChI is InChI=1S/C15H21N3O4S/c1-10(7-8-23(2,21)22)17-14(19)12-9-16-13(18-15(12)20)11-5-3-4-6-11/h7-11H,3-6H2,1-2H3,(H,17,19)(H,16,18,20)/b8-7+/t10-/m0/s1. The molecule has 0 aliphatic heterocycles. The molecule has 1 heterocycles. The molecule has 1 fully saturated rings. The summed E-state index contributed by atoms with van der Waals surface area (Å²) in [7, 11) is -3.25. The molecule has 1 amide bonds. The number of aromatic nitrogens is 2. The van der Waals surface area contributed by atoms with Gasteiger partial charge in [0.1, 0.15) is 11.4 Å². The van der Waals surface area contributed by atoms with Gasteiger partial charge in [0.15, 0.2) is 9.84 Å². The Kier molecular flexibility index (Phi) is 5.35. The number of hydrogen-bond acceptors (Lipinski definition) is 5. The average molecular weight is 339 g/mol. The molecule has 23 heavy (non-hydrogen) atoms. The van der Waals surface area contributed by atoms with Crippen LogP contribution >= 0.6 is 0 Å². The van der Waals surface area contributed by atoms with Gasteiger partial charge in [-0.15, -0.1) is 0 Å². The average Bonchev–Trinajstić information content (AvgIpc) is 2.98. The van der Waals surface area contributed by atoms with E-state index >= 15 is 0 Å². The van der Waals surface area contributed by atoms with Gasteiger partial charge < -0.3 is 10.3 Å². The molecule has 0 spiro atoms. The van der Waals surface area contributed by atoms with Gasteiger partial charge in [-0.05, 0) is 19.8 Å². The third kappa shape index (κ3) is 5.02. The number of rotatable bonds is 5. The fourth-order valence-electron chi connectivity index (χ4n) is 2.57. The van der Waals surface area contributed by atoms with Crippen LogP contribution in [0, 0.1) is 0 Å². The van der Waals surface area contributed by atoms with Gasteiger partial charge in [-0.3, -0.25) is 9.59 Å². The number of carbonyl (C=O) groups excluding carboxylic acids is 1. The number of aromatic amines is 1. The molecule has 8 heteroatoms. The van der Waals surface area contributed by atoms with Gasteiger partial charge >= 0.3 is 0 Å². The molecule has 126 valence electrons. The molecule has 1 saturated carbocycles. The van der Waals surface area contributed by atoms with Gasteiger partial charge in [-0.1, -0.05) is 18.9 Å². The highest BCUT2D eigenvalue weighted by molar-refractivity contribution is 7.93. The van der Waals surface area contributed by atoms with E-state index in [1.54, 1.807) is 6.92 Å². The minimum Gasteiger partial charge on any atom is -0.346 e. The zero-order chi connectivity index (χ0) is 17.0. The first-order chi connectivity index (χ1) is 10.8. The number of hydrogen-bond donors (Lipinski definition) is 2. The lowest BCUT2D eigenvalue weighted by molar-refractivity contribution is 0.0945. The molecule has 1 aromatic heterocycles. The Hall–Kier alpha value is -1.96. The molecule has 1 aliphatic carbocycles. The summed E-state index contributed by atoms with van der Waals surface area (Å²) in [4.78, 5) is 31.0. The van der Waals surface area contributed by atoms with Crippen LogP contribution in [0.15, 0.2) is 22.5 Å². The van der Waals surface area contributed by atoms with Crippen molar-refractivity contribution in [2.24, 2.45) is 0 Å². The molecular weight excluding hydrogens is 318 g/mol. The van der Waals surface area contributed by atoms with Crippen LogP contribution in [0.1, 0.15) is 54.7 Å². The van der Waals surface area contributed by atoms with Crippen molar-refractivity contribution >= 4 is 15.7 Å². The Morgan fingerprint density at radius 3 is 2.65 bits per heavy atom. The highest BCUT2D eigenvalue weighted by Gasteiger charge is 2.21. The van der Waals surface area contributed by atoms with Crippen LogP contribution in [0.2, 0.25) is 0 Å². The third-order valence-corrected chi connectivity index (χ3v) is 4.43. The van der Waals surface area contributed by atoms with E-state index < -0.39 is 27.3 Å². The Balaban J connectivity index is 2.07. The topological polar surface area (TPSA) is 109 Å². The quantitative estimate of drug-likeness (QED) is 0.835. The predicted octanol–water partition coefficient (Wildman–Crippen LogP) is 1.10. The molecule has 0 aromatic carbocycles. The summed E-state index contributed by atoms with van der Waals surface area (Å²) in [5.74, 6) is 0.313. The van der Waals surface area contributed by atoms with Crippen LogP contribution in [0.4, 0.5) is 0 Å². The fourth-order valence-corrected chi connectivity index (χ4v) is 3.09. The largest absolute Gasteiger partial charge is 0.346 e. The highest BCUT2D eigenvalue weighted by atomic mass is 32.2. The number of amides is 1. The van der Waals surface area contributed by atoms with Crippen LogP contribution in [-0.4, -0.2) is 36.6 Å². The first-order valence-corrected chi connectivity index (χ1v) is 9.50. The summed E-state index contributed by atoms with van der Waals surface area (Å²) in [6, 6.07) is -0.522. The van der Waals surface area contributed by atoms with Crippen molar-refractivity contribution in [3.8, 4) is 0 Å². The van der Waals surface area contributed by atoms with Crippen molar-refractivity contribution in [2.75, 3.05) is 6.26 Å². The summed E-state index contributed by atoms with van der Waals surface area (Å²) in [5, 5.41) is 3.57. The second kappa shape index (κ2) is 7.08. The molecule has 1 aromatic rings. The molecule has 7 nitrogen and oxygen atoms in total. The van der Waals surface area contributed by atoms with E-state index in [4.69, 9.17) is 0 Å². The van der Waals surface area contributed by atoms with E-state index in [9.17, 15) is 18.0 Å². The predicted molar refractivity (Wildman–Crippen MR) is 87.0 cm³/mol. The van der Waals surface area contributed by atoms with E-state index in [1.165, 1.54) is 12.3 Å². The number of sulfone groups is 1. The minimum atomic E-state index is -3.25. The van der Waals surface area contributed by atoms with Gasteiger partial charge in [0, 0.05) is 29.8 Å². The maximum absolute atomic E-state index is 12.1. The Morgan fingerprint density at radius 1 is 1.43 bits per heavy atom. The van der Waals surface area contributed by atoms with Crippen molar-refractivity contribution < 1.29 is 13.2 Å². The summed E-state index contributed by atoms with van der Waals surface area (Å²) < 4.78 is 22.1. The molecule has 0 unspecified atom stereocenters. The normalized spacial score (nSPS) is 17.5. The maximum atomic E-state index is 12.1. The summed E-state index contributed by atoms with van der Waals surface area (Å²) in [6.07, 6.45) is 7.95. The zero-order valence-corrected chi connectivity index (χ0v) is 14.0. The van der Waals surface area contributed by atoms with Crippen molar-refractivity contribution in [3.63, 3.8) is 0 Å². The van der Waals surface area contributed by atoms with Crippen LogP contribution in [0.25, 0.3) is 0 Å². The Morgan fingerprint density at radius 2 is 2.09 bits per heavy atom. The molecule has 1 aliphatic rings. The first-order valence-electron chi connectivity index (χ1n) is 7.54. The number of nitrogens with zero attached hydrogens (tertiary/aromatic N) is 1. The number of nitrogens with one attached hydrogen (secondary N) is 2. The molecular formula is C15H21N3O4S. The second-order valence-electron chi connectivity index (χ2n) is 5.91. The van der Waals surface area contributed by atoms with Crippen molar-refractivity contribution in [3.05, 3.63) is 39.4 Å². The molecule has 0 saturated heterocycles. The summed E-state index contributed by atoms with van der Waals surface area (Å²) >= 11 is 0. The molecule has 2 rings (SSSR count). The molecule has 1 atom stereocenters. The van der Waals surface area contributed by atoms with Gasteiger partial charge in [-0.2, -0.15) is 0 Å². The maximum Gasteiger partial charge on any atom is 0.263 e. The van der Waals surface area contributed by atoms with Gasteiger partial charge in [0.25, 0.3) is 11.5 Å². The van der Waals surface area contributed by atoms with Gasteiger partial charge in [0.05, 0.1) is 0 Å². The number of carbonyl (C=O) groups is 1. The Labute approximate surface area is 135 Å². The third-order valence-electron chi connectivity index (χ3n) is 3.78. The number of H-pyrrole nitrogens is 1. The zero-order valence-electron chi connectivity index (χ0n) is 13.2. The van der Waals surface area contributed by atoms with Crippen LogP contribution in [0.3, 0.4) is 0 Å². The lowest BCUT2D eigenvalue weighted by Crippen LogP contribution is -2.35. The van der Waals surface area contributed by atoms with E-state index in [2.05, 4.69) is 15.3 Å². The summed E-state index contributed by atoms with van der Waals surface area (Å²) in [6.45, 7) is 1.62. The van der Waals surface area contributed by atoms with E-state index in [0.717, 1.165) is 37.3 Å². The Bertz CT molecular complexity index is 761. The van der Waals surface area contributed by atoms with E-state index in [1.807, 2.05) is 0 Å². The smallest absolute Gasteiger partial charge is 0.263 e. The lowest BCUT2D eigenvalue weighted by Gasteiger charge is -2.11. The fraction of sp³-hybridized carbons (Fsp3) is 0.533. The highest BCUT2D eigenvalue weighted by Crippen LogP contribution is 2.31.